The first kappa shape index (κ1) is 27.4. The smallest absolute Gasteiger partial charge is 0.332 e. The molecule has 3 aromatic rings. The molecule has 2 saturated heterocycles. The van der Waals surface area contributed by atoms with Gasteiger partial charge in [-0.3, -0.25) is 23.3 Å². The molecule has 4 heterocycles. The van der Waals surface area contributed by atoms with E-state index >= 15 is 0 Å². The Balaban J connectivity index is 1.45. The van der Waals surface area contributed by atoms with Crippen LogP contribution in [-0.2, 0) is 25.4 Å². The van der Waals surface area contributed by atoms with Crippen LogP contribution in [0.25, 0.3) is 11.2 Å². The topological polar surface area (TPSA) is 97.4 Å². The van der Waals surface area contributed by atoms with Crippen LogP contribution in [0.15, 0.2) is 27.8 Å². The number of fused-ring (bicyclic) bond motifs is 1. The minimum atomic E-state index is -0.525. The number of piperidine rings is 2. The predicted molar refractivity (Wildman–Crippen MR) is 149 cm³/mol. The standard InChI is InChI=1S/C27H35ClFN7O3/c1-32-23-22(25(38)33(2)27(32)39)36(17-19-20(28)9-6-10-21(19)29)26(31-23)35-14-7-8-18(16-35)24(37)30-11-15-34-12-4-3-5-13-34/h6,9-10,18H,3-5,7-8,11-17H2,1-2H3,(H,30,37). The second-order valence-corrected chi connectivity index (χ2v) is 11.0. The molecule has 10 nitrogen and oxygen atoms in total. The van der Waals surface area contributed by atoms with Crippen LogP contribution >= 0.6 is 11.6 Å². The van der Waals surface area contributed by atoms with Gasteiger partial charge in [0.15, 0.2) is 11.2 Å². The van der Waals surface area contributed by atoms with Gasteiger partial charge >= 0.3 is 5.69 Å². The number of halogens is 2. The van der Waals surface area contributed by atoms with Gasteiger partial charge in [-0.05, 0) is 50.9 Å². The van der Waals surface area contributed by atoms with E-state index in [1.54, 1.807) is 17.7 Å². The number of carbonyl (C=O) groups excluding carboxylic acids is 1. The molecule has 0 spiro atoms. The van der Waals surface area contributed by atoms with Gasteiger partial charge in [-0.25, -0.2) is 9.18 Å². The van der Waals surface area contributed by atoms with Gasteiger partial charge in [0.2, 0.25) is 11.9 Å². The Morgan fingerprint density at radius 2 is 1.87 bits per heavy atom. The maximum atomic E-state index is 14.8. The number of likely N-dealkylation sites (tertiary alicyclic amines) is 1. The lowest BCUT2D eigenvalue weighted by Gasteiger charge is -2.33. The van der Waals surface area contributed by atoms with Crippen molar-refractivity contribution in [1.29, 1.82) is 0 Å². The second kappa shape index (κ2) is 11.5. The van der Waals surface area contributed by atoms with Crippen molar-refractivity contribution in [2.75, 3.05) is 44.2 Å². The van der Waals surface area contributed by atoms with Crippen molar-refractivity contribution in [3.8, 4) is 0 Å². The van der Waals surface area contributed by atoms with Crippen LogP contribution in [0.3, 0.4) is 0 Å². The largest absolute Gasteiger partial charge is 0.355 e. The number of nitrogens with one attached hydrogen (secondary N) is 1. The van der Waals surface area contributed by atoms with E-state index in [1.807, 2.05) is 4.90 Å². The number of rotatable bonds is 7. The van der Waals surface area contributed by atoms with Crippen molar-refractivity contribution in [3.05, 3.63) is 55.4 Å². The van der Waals surface area contributed by atoms with E-state index in [2.05, 4.69) is 10.2 Å². The summed E-state index contributed by atoms with van der Waals surface area (Å²) in [5, 5.41) is 3.33. The normalized spacial score (nSPS) is 18.6. The van der Waals surface area contributed by atoms with Gasteiger partial charge in [-0.1, -0.05) is 24.1 Å². The van der Waals surface area contributed by atoms with E-state index in [4.69, 9.17) is 16.6 Å². The fourth-order valence-corrected chi connectivity index (χ4v) is 5.93. The zero-order valence-electron chi connectivity index (χ0n) is 22.5. The SMILES string of the molecule is Cn1c(=O)c2c(nc(N3CCCC(C(=O)NCCN4CCCCC4)C3)n2Cc2c(F)cccc2Cl)n(C)c1=O. The quantitative estimate of drug-likeness (QED) is 0.476. The van der Waals surface area contributed by atoms with Gasteiger partial charge in [-0.15, -0.1) is 0 Å². The number of amides is 1. The van der Waals surface area contributed by atoms with Crippen LogP contribution in [-0.4, -0.2) is 68.8 Å². The monoisotopic (exact) mass is 559 g/mol. The second-order valence-electron chi connectivity index (χ2n) is 10.6. The molecule has 1 aromatic carbocycles. The van der Waals surface area contributed by atoms with E-state index < -0.39 is 17.1 Å². The number of imidazole rings is 1. The summed E-state index contributed by atoms with van der Waals surface area (Å²) in [6.45, 7) is 4.58. The molecule has 5 rings (SSSR count). The molecule has 1 N–H and O–H groups in total. The summed E-state index contributed by atoms with van der Waals surface area (Å²) >= 11 is 6.35. The molecule has 1 unspecified atom stereocenters. The third kappa shape index (κ3) is 5.47. The Morgan fingerprint density at radius 3 is 2.62 bits per heavy atom. The molecule has 2 aliphatic heterocycles. The summed E-state index contributed by atoms with van der Waals surface area (Å²) in [6.07, 6.45) is 5.18. The average molecular weight is 560 g/mol. The first-order valence-corrected chi connectivity index (χ1v) is 14.0. The Morgan fingerprint density at radius 1 is 1.10 bits per heavy atom. The van der Waals surface area contributed by atoms with Crippen LogP contribution in [0.2, 0.25) is 5.02 Å². The van der Waals surface area contributed by atoms with Gasteiger partial charge in [0.25, 0.3) is 5.56 Å². The Bertz CT molecular complexity index is 1470. The zero-order valence-corrected chi connectivity index (χ0v) is 23.2. The number of nitrogens with zero attached hydrogens (tertiary/aromatic N) is 6. The Labute approximate surface area is 231 Å². The fraction of sp³-hybridized carbons (Fsp3) is 0.556. The van der Waals surface area contributed by atoms with Crippen LogP contribution in [0, 0.1) is 11.7 Å². The number of anilines is 1. The molecule has 1 amide bonds. The number of hydrogen-bond acceptors (Lipinski definition) is 6. The molecule has 12 heteroatoms. The van der Waals surface area contributed by atoms with E-state index in [1.165, 1.54) is 43.0 Å². The van der Waals surface area contributed by atoms with Gasteiger partial charge in [-0.2, -0.15) is 4.98 Å². The molecular weight excluding hydrogens is 525 g/mol. The highest BCUT2D eigenvalue weighted by atomic mass is 35.5. The summed E-state index contributed by atoms with van der Waals surface area (Å²) in [6, 6.07) is 4.44. The third-order valence-corrected chi connectivity index (χ3v) is 8.31. The van der Waals surface area contributed by atoms with Gasteiger partial charge in [0.05, 0.1) is 12.5 Å². The molecule has 0 aliphatic carbocycles. The van der Waals surface area contributed by atoms with Crippen molar-refractivity contribution >= 4 is 34.6 Å². The van der Waals surface area contributed by atoms with E-state index in [9.17, 15) is 18.8 Å². The molecule has 0 saturated carbocycles. The zero-order chi connectivity index (χ0) is 27.7. The van der Waals surface area contributed by atoms with Crippen molar-refractivity contribution in [2.24, 2.45) is 20.0 Å². The van der Waals surface area contributed by atoms with Crippen molar-refractivity contribution in [1.82, 2.24) is 28.9 Å². The minimum Gasteiger partial charge on any atom is -0.355 e. The summed E-state index contributed by atoms with van der Waals surface area (Å²) in [5.41, 5.74) is -0.416. The van der Waals surface area contributed by atoms with Crippen LogP contribution < -0.4 is 21.5 Å². The lowest BCUT2D eigenvalue weighted by atomic mass is 9.97. The minimum absolute atomic E-state index is 0.000155. The van der Waals surface area contributed by atoms with Gasteiger partial charge in [0.1, 0.15) is 5.82 Å². The first-order valence-electron chi connectivity index (χ1n) is 13.6. The summed E-state index contributed by atoms with van der Waals surface area (Å²) in [5.74, 6) is -0.341. The molecule has 2 aromatic heterocycles. The lowest BCUT2D eigenvalue weighted by molar-refractivity contribution is -0.125. The van der Waals surface area contributed by atoms with Crippen molar-refractivity contribution < 1.29 is 9.18 Å². The summed E-state index contributed by atoms with van der Waals surface area (Å²) in [7, 11) is 2.96. The molecule has 39 heavy (non-hydrogen) atoms. The molecular formula is C27H35ClFN7O3. The summed E-state index contributed by atoms with van der Waals surface area (Å²) < 4.78 is 18.8. The van der Waals surface area contributed by atoms with Gasteiger partial charge in [0, 0.05) is 50.9 Å². The number of benzene rings is 1. The number of hydrogen-bond donors (Lipinski definition) is 1. The number of carbonyl (C=O) groups is 1. The molecule has 2 aliphatic rings. The highest BCUT2D eigenvalue weighted by molar-refractivity contribution is 6.31. The molecule has 210 valence electrons. The Kier molecular flexibility index (Phi) is 8.08. The predicted octanol–water partition coefficient (Wildman–Crippen LogP) is 2.09. The maximum absolute atomic E-state index is 14.8. The summed E-state index contributed by atoms with van der Waals surface area (Å²) in [4.78, 5) is 48.1. The fourth-order valence-electron chi connectivity index (χ4n) is 5.71. The molecule has 0 radical (unpaired) electrons. The highest BCUT2D eigenvalue weighted by Gasteiger charge is 2.30. The molecule has 2 fully saturated rings. The first-order chi connectivity index (χ1) is 18.8. The maximum Gasteiger partial charge on any atom is 0.332 e. The van der Waals surface area contributed by atoms with Gasteiger partial charge < -0.3 is 15.1 Å². The van der Waals surface area contributed by atoms with Crippen molar-refractivity contribution in [3.63, 3.8) is 0 Å². The highest BCUT2D eigenvalue weighted by Crippen LogP contribution is 2.29. The van der Waals surface area contributed by atoms with E-state index in [-0.39, 0.29) is 40.1 Å². The molecule has 1 atom stereocenters. The van der Waals surface area contributed by atoms with E-state index in [0.717, 1.165) is 37.0 Å². The van der Waals surface area contributed by atoms with Crippen molar-refractivity contribution in [2.45, 2.75) is 38.6 Å². The average Bonchev–Trinajstić information content (AvgIpc) is 3.33. The van der Waals surface area contributed by atoms with E-state index in [0.29, 0.717) is 25.6 Å². The molecule has 0 bridgehead atoms. The lowest BCUT2D eigenvalue weighted by Crippen LogP contribution is -2.46. The third-order valence-electron chi connectivity index (χ3n) is 7.96. The van der Waals surface area contributed by atoms with Crippen LogP contribution in [0.1, 0.15) is 37.7 Å². The number of aryl methyl sites for hydroxylation is 1. The van der Waals surface area contributed by atoms with Crippen LogP contribution in [0.4, 0.5) is 10.3 Å². The van der Waals surface area contributed by atoms with Crippen LogP contribution in [0.5, 0.6) is 0 Å². The Hall–Kier alpha value is -3.18. The number of aromatic nitrogens is 4.